The minimum atomic E-state index is -3.81. The monoisotopic (exact) mass is 969 g/mol. The van der Waals surface area contributed by atoms with E-state index < -0.39 is 21.6 Å². The van der Waals surface area contributed by atoms with Crippen LogP contribution in [0.3, 0.4) is 0 Å². The first-order chi connectivity index (χ1) is 31.3. The quantitative estimate of drug-likeness (QED) is 0.00807. The summed E-state index contributed by atoms with van der Waals surface area (Å²) >= 11 is 1.88. The van der Waals surface area contributed by atoms with E-state index in [0.717, 1.165) is 17.6 Å². The molecule has 65 heavy (non-hydrogen) atoms. The standard InChI is InChI=1S/C40H37N7O14S4/c1-24-10-13-46(14-11-24)16-18-65(53,54)27-6-9-31(35(20-27)63-60-57-51)42-44-37-29-21-36(64-61-58-52)38(39(48)28(29)7-8-30(37)41)45-43-32-19-25(2)34(22-33(32)55-3)62-59-56-17-15-47-12-4-5-26(23-47)40(49)50/h4-14,19-23H,15-18H2,1-3H3,(H4-2,41,42,43,48,49,50,51,52)/p+2. The number of nitrogen functional groups attached to an aromatic ring is 1. The fourth-order valence-electron chi connectivity index (χ4n) is 5.88. The number of fused-ring (bicyclic) bond motifs is 1. The van der Waals surface area contributed by atoms with Crippen molar-refractivity contribution in [3.63, 3.8) is 0 Å². The Morgan fingerprint density at radius 2 is 1.46 bits per heavy atom. The van der Waals surface area contributed by atoms with E-state index in [2.05, 4.69) is 34.9 Å². The average molecular weight is 970 g/mol. The van der Waals surface area contributed by atoms with Gasteiger partial charge in [0.25, 0.3) is 0 Å². The topological polar surface area (TPSA) is 280 Å². The maximum atomic E-state index is 13.3. The van der Waals surface area contributed by atoms with Crippen molar-refractivity contribution in [1.82, 2.24) is 0 Å². The van der Waals surface area contributed by atoms with Crippen molar-refractivity contribution in [2.24, 2.45) is 20.5 Å². The summed E-state index contributed by atoms with van der Waals surface area (Å²) in [5.74, 6) is -1.37. The Hall–Kier alpha value is -5.81. The molecule has 0 radical (unpaired) electrons. The lowest BCUT2D eigenvalue weighted by Crippen LogP contribution is -2.36. The minimum absolute atomic E-state index is 0.0470. The number of carboxylic acid groups (broad SMARTS) is 1. The number of methoxy groups -OCH3 is 1. The van der Waals surface area contributed by atoms with Gasteiger partial charge in [-0.1, -0.05) is 10.1 Å². The smallest absolute Gasteiger partial charge is 0.341 e. The van der Waals surface area contributed by atoms with E-state index in [0.29, 0.717) is 41.1 Å². The van der Waals surface area contributed by atoms with Crippen molar-refractivity contribution in [3.8, 4) is 11.5 Å². The van der Waals surface area contributed by atoms with Crippen LogP contribution in [-0.4, -0.2) is 54.6 Å². The van der Waals surface area contributed by atoms with Crippen LogP contribution in [0.5, 0.6) is 11.5 Å². The highest BCUT2D eigenvalue weighted by Crippen LogP contribution is 2.48. The summed E-state index contributed by atoms with van der Waals surface area (Å²) in [4.78, 5) is 17.3. The van der Waals surface area contributed by atoms with E-state index in [1.807, 2.05) is 19.1 Å². The number of phenols is 1. The van der Waals surface area contributed by atoms with E-state index in [9.17, 15) is 23.4 Å². The first-order valence-electron chi connectivity index (χ1n) is 18.7. The van der Waals surface area contributed by atoms with Crippen molar-refractivity contribution in [3.05, 3.63) is 114 Å². The Morgan fingerprint density at radius 3 is 2.18 bits per heavy atom. The second-order valence-electron chi connectivity index (χ2n) is 13.5. The van der Waals surface area contributed by atoms with Gasteiger partial charge in [0.1, 0.15) is 46.4 Å². The van der Waals surface area contributed by atoms with E-state index in [1.54, 1.807) is 52.8 Å². The van der Waals surface area contributed by atoms with Crippen LogP contribution in [0.25, 0.3) is 10.8 Å². The van der Waals surface area contributed by atoms with Crippen LogP contribution in [0.4, 0.5) is 28.4 Å². The van der Waals surface area contributed by atoms with E-state index in [4.69, 9.17) is 34.5 Å². The molecule has 2 aromatic heterocycles. The summed E-state index contributed by atoms with van der Waals surface area (Å²) in [6.45, 7) is 4.36. The molecule has 0 bridgehead atoms. The molecule has 6 rings (SSSR count). The number of hydrogen-bond donors (Lipinski definition) is 5. The van der Waals surface area contributed by atoms with Crippen LogP contribution in [0.2, 0.25) is 0 Å². The maximum Gasteiger partial charge on any atom is 0.341 e. The van der Waals surface area contributed by atoms with Gasteiger partial charge in [0, 0.05) is 33.9 Å². The van der Waals surface area contributed by atoms with Gasteiger partial charge < -0.3 is 20.7 Å². The Morgan fingerprint density at radius 1 is 0.754 bits per heavy atom. The molecule has 4 aromatic carbocycles. The van der Waals surface area contributed by atoms with Crippen molar-refractivity contribution in [1.29, 1.82) is 0 Å². The third-order valence-corrected chi connectivity index (χ3v) is 12.9. The summed E-state index contributed by atoms with van der Waals surface area (Å²) < 4.78 is 50.3. The predicted molar refractivity (Wildman–Crippen MR) is 234 cm³/mol. The molecular formula is C40H39N7O14S4+2. The van der Waals surface area contributed by atoms with E-state index in [-0.39, 0.29) is 84.1 Å². The number of carbonyl (C=O) groups is 1. The molecule has 0 fully saturated rings. The number of phenolic OH excluding ortho intramolecular Hbond substituents is 1. The Labute approximate surface area is 383 Å². The number of nitrogens with two attached hydrogens (primary N) is 1. The number of aromatic nitrogens is 2. The molecule has 0 aliphatic carbocycles. The molecule has 0 unspecified atom stereocenters. The summed E-state index contributed by atoms with van der Waals surface area (Å²) in [5.41, 5.74) is 8.68. The van der Waals surface area contributed by atoms with Crippen LogP contribution in [0.1, 0.15) is 21.5 Å². The zero-order valence-electron chi connectivity index (χ0n) is 34.3. The van der Waals surface area contributed by atoms with Crippen molar-refractivity contribution >= 4 is 91.1 Å². The van der Waals surface area contributed by atoms with E-state index in [1.165, 1.54) is 55.8 Å². The molecule has 0 atom stereocenters. The van der Waals surface area contributed by atoms with Crippen LogP contribution in [-0.2, 0) is 50.9 Å². The van der Waals surface area contributed by atoms with Gasteiger partial charge in [-0.05, 0) is 79.6 Å². The second-order valence-corrected chi connectivity index (χ2v) is 17.8. The van der Waals surface area contributed by atoms with Gasteiger partial charge in [0.2, 0.25) is 0 Å². The number of rotatable bonds is 22. The summed E-state index contributed by atoms with van der Waals surface area (Å²) in [6, 6.07) is 18.7. The lowest BCUT2D eigenvalue weighted by Gasteiger charge is -2.12. The van der Waals surface area contributed by atoms with Gasteiger partial charge in [-0.3, -0.25) is 0 Å². The van der Waals surface area contributed by atoms with Crippen LogP contribution in [0.15, 0.2) is 138 Å². The predicted octanol–water partition coefficient (Wildman–Crippen LogP) is 8.84. The highest BCUT2D eigenvalue weighted by atomic mass is 32.2. The number of hydrogen-bond acceptors (Lipinski definition) is 21. The fraction of sp³-hybridized carbons (Fsp3) is 0.175. The molecule has 6 N–H and O–H groups in total. The molecule has 0 saturated carbocycles. The van der Waals surface area contributed by atoms with Crippen molar-refractivity contribution in [2.75, 3.05) is 25.2 Å². The molecule has 2 heterocycles. The van der Waals surface area contributed by atoms with E-state index >= 15 is 0 Å². The third-order valence-electron chi connectivity index (χ3n) is 9.21. The fourth-order valence-corrected chi connectivity index (χ4v) is 8.71. The van der Waals surface area contributed by atoms with Gasteiger partial charge in [-0.15, -0.1) is 29.1 Å². The highest BCUT2D eigenvalue weighted by molar-refractivity contribution is 7.95. The number of aromatic hydroxyl groups is 1. The van der Waals surface area contributed by atoms with Crippen LogP contribution in [0, 0.1) is 13.8 Å². The minimum Gasteiger partial charge on any atom is -0.505 e. The lowest BCUT2D eigenvalue weighted by atomic mass is 10.1. The normalized spacial score (nSPS) is 11.9. The van der Waals surface area contributed by atoms with Gasteiger partial charge in [0.05, 0.1) is 63.6 Å². The third kappa shape index (κ3) is 12.7. The Bertz CT molecular complexity index is 2840. The number of aryl methyl sites for hydroxylation is 3. The summed E-state index contributed by atoms with van der Waals surface area (Å²) in [7, 11) is -2.38. The number of anilines is 1. The molecular weight excluding hydrogens is 931 g/mol. The number of nitrogens with zero attached hydrogens (tertiary/aromatic N) is 6. The van der Waals surface area contributed by atoms with Crippen molar-refractivity contribution in [2.45, 2.75) is 46.5 Å². The maximum absolute atomic E-state index is 13.3. The average Bonchev–Trinajstić information content (AvgIpc) is 3.30. The molecule has 340 valence electrons. The molecule has 25 heteroatoms. The van der Waals surface area contributed by atoms with Crippen LogP contribution < -0.4 is 19.6 Å². The molecule has 21 nitrogen and oxygen atoms in total. The number of aromatic carboxylic acids is 1. The summed E-state index contributed by atoms with van der Waals surface area (Å²) in [6.07, 6.45) is 6.75. The lowest BCUT2D eigenvalue weighted by molar-refractivity contribution is -0.700. The highest BCUT2D eigenvalue weighted by Gasteiger charge is 2.22. The van der Waals surface area contributed by atoms with Crippen molar-refractivity contribution < 1.29 is 75.8 Å². The number of carboxylic acids is 1. The number of azo groups is 2. The van der Waals surface area contributed by atoms with Gasteiger partial charge in [0.15, 0.2) is 53.5 Å². The first kappa shape index (κ1) is 48.6. The molecule has 6 aromatic rings. The Balaban J connectivity index is 1.24. The van der Waals surface area contributed by atoms with Gasteiger partial charge in [-0.2, -0.15) is 4.33 Å². The summed E-state index contributed by atoms with van der Waals surface area (Å²) in [5, 5.41) is 64.1. The molecule has 0 spiro atoms. The number of ether oxygens (including phenoxy) is 1. The molecule has 0 saturated heterocycles. The SMILES string of the molecule is COc1cc(SOOCC[n+]2cccc(C(=O)O)c2)c(C)cc1N=Nc1c(SOOO)cc2c(N=Nc3ccc(S(=O)(=O)CC[n+]4ccc(C)cc4)cc3SOOO)c(N)ccc2c1O. The largest absolute Gasteiger partial charge is 0.505 e. The number of sulfone groups is 1. The zero-order chi connectivity index (χ0) is 46.5. The van der Waals surface area contributed by atoms with Gasteiger partial charge in [-0.25, -0.2) is 37.7 Å². The zero-order valence-corrected chi connectivity index (χ0v) is 37.6. The second kappa shape index (κ2) is 22.9. The number of benzene rings is 4. The van der Waals surface area contributed by atoms with Gasteiger partial charge >= 0.3 is 5.97 Å². The van der Waals surface area contributed by atoms with Crippen LogP contribution >= 0.6 is 36.1 Å². The molecule has 0 aliphatic rings. The molecule has 0 amide bonds. The first-order valence-corrected chi connectivity index (χ1v) is 22.6. The Kier molecular flexibility index (Phi) is 17.1. The number of pyridine rings is 2. The molecule has 0 aliphatic heterocycles.